The molecule has 0 saturated heterocycles. The van der Waals surface area contributed by atoms with Gasteiger partial charge in [-0.05, 0) is 47.9 Å². The van der Waals surface area contributed by atoms with Crippen molar-refractivity contribution in [2.75, 3.05) is 0 Å². The summed E-state index contributed by atoms with van der Waals surface area (Å²) in [6, 6.07) is 34.5. The van der Waals surface area contributed by atoms with Gasteiger partial charge in [-0.25, -0.2) is 9.97 Å². The van der Waals surface area contributed by atoms with Gasteiger partial charge in [0.2, 0.25) is 0 Å². The van der Waals surface area contributed by atoms with Crippen LogP contribution in [0.2, 0.25) is 0 Å². The van der Waals surface area contributed by atoms with Crippen LogP contribution in [0, 0.1) is 0 Å². The minimum atomic E-state index is 0.764. The molecule has 3 aromatic heterocycles. The number of para-hydroxylation sites is 2. The van der Waals surface area contributed by atoms with Gasteiger partial charge in [0, 0.05) is 34.0 Å². The Hall–Kier alpha value is -4.96. The maximum Gasteiger partial charge on any atom is 0.179 e. The molecule has 38 heavy (non-hydrogen) atoms. The van der Waals surface area contributed by atoms with Crippen molar-refractivity contribution in [1.29, 1.82) is 0 Å². The van der Waals surface area contributed by atoms with Crippen molar-refractivity contribution in [2.24, 2.45) is 0 Å². The van der Waals surface area contributed by atoms with E-state index in [1.807, 2.05) is 0 Å². The number of aromatic nitrogens is 3. The van der Waals surface area contributed by atoms with Crippen molar-refractivity contribution < 1.29 is 4.42 Å². The highest BCUT2D eigenvalue weighted by atomic mass is 16.3. The summed E-state index contributed by atoms with van der Waals surface area (Å²) in [5.41, 5.74) is 10.4. The van der Waals surface area contributed by atoms with E-state index in [0.29, 0.717) is 0 Å². The molecule has 0 atom stereocenters. The average Bonchev–Trinajstić information content (AvgIpc) is 3.53. The zero-order chi connectivity index (χ0) is 25.1. The first-order chi connectivity index (χ1) is 18.8. The van der Waals surface area contributed by atoms with Gasteiger partial charge in [0.15, 0.2) is 5.58 Å². The second kappa shape index (κ2) is 8.29. The lowest BCUT2D eigenvalue weighted by molar-refractivity contribution is 0.546. The van der Waals surface area contributed by atoms with E-state index in [1.165, 1.54) is 21.8 Å². The molecule has 0 aliphatic heterocycles. The number of rotatable bonds is 3. The number of nitrogens with zero attached hydrogens (tertiary/aromatic N) is 3. The molecule has 1 aliphatic carbocycles. The quantitative estimate of drug-likeness (QED) is 0.250. The Morgan fingerprint density at radius 1 is 0.684 bits per heavy atom. The van der Waals surface area contributed by atoms with E-state index in [4.69, 9.17) is 4.42 Å². The van der Waals surface area contributed by atoms with Crippen LogP contribution >= 0.6 is 0 Å². The fourth-order valence-corrected chi connectivity index (χ4v) is 5.82. The van der Waals surface area contributed by atoms with Gasteiger partial charge in [0.1, 0.15) is 23.3 Å². The number of benzene rings is 4. The molecule has 4 heteroatoms. The number of allylic oxidation sites excluding steroid dienone is 1. The van der Waals surface area contributed by atoms with Gasteiger partial charge < -0.3 is 8.98 Å². The van der Waals surface area contributed by atoms with E-state index in [0.717, 1.165) is 63.3 Å². The van der Waals surface area contributed by atoms with Crippen LogP contribution in [-0.4, -0.2) is 14.5 Å². The van der Waals surface area contributed by atoms with Crippen LogP contribution in [0.15, 0.2) is 114 Å². The van der Waals surface area contributed by atoms with E-state index in [1.54, 1.807) is 6.33 Å². The molecule has 0 radical (unpaired) electrons. The third-order valence-electron chi connectivity index (χ3n) is 7.56. The molecule has 0 unspecified atom stereocenters. The monoisotopic (exact) mass is 489 g/mol. The first kappa shape index (κ1) is 21.2. The van der Waals surface area contributed by atoms with Gasteiger partial charge in [0.25, 0.3) is 0 Å². The minimum absolute atomic E-state index is 0.764. The second-order valence-corrected chi connectivity index (χ2v) is 9.78. The first-order valence-electron chi connectivity index (χ1n) is 13.0. The number of furan rings is 1. The third kappa shape index (κ3) is 3.17. The van der Waals surface area contributed by atoms with Crippen LogP contribution in [-0.2, 0) is 6.42 Å². The SMILES string of the molecule is C1=Cc2c(oc3c(-c4cccc(-c5cccc(-n6c7ccccc7c7ccccc76)c5)c4)ncnc23)CC1. The predicted octanol–water partition coefficient (Wildman–Crippen LogP) is 8.61. The summed E-state index contributed by atoms with van der Waals surface area (Å²) >= 11 is 0. The van der Waals surface area contributed by atoms with Gasteiger partial charge in [-0.15, -0.1) is 0 Å². The molecule has 180 valence electrons. The zero-order valence-corrected chi connectivity index (χ0v) is 20.6. The summed E-state index contributed by atoms with van der Waals surface area (Å²) in [5.74, 6) is 0.999. The summed E-state index contributed by atoms with van der Waals surface area (Å²) in [4.78, 5) is 9.20. The Labute approximate surface area is 219 Å². The molecule has 0 amide bonds. The van der Waals surface area contributed by atoms with Crippen LogP contribution in [0.25, 0.3) is 67.1 Å². The smallest absolute Gasteiger partial charge is 0.179 e. The molecule has 4 aromatic carbocycles. The Morgan fingerprint density at radius 2 is 1.39 bits per heavy atom. The van der Waals surface area contributed by atoms with Gasteiger partial charge >= 0.3 is 0 Å². The maximum absolute atomic E-state index is 6.29. The molecule has 0 bridgehead atoms. The molecule has 0 fully saturated rings. The van der Waals surface area contributed by atoms with Gasteiger partial charge in [-0.3, -0.25) is 0 Å². The molecule has 3 heterocycles. The van der Waals surface area contributed by atoms with Crippen molar-refractivity contribution >= 4 is 39.0 Å². The molecule has 0 saturated carbocycles. The molecular formula is C34H23N3O. The van der Waals surface area contributed by atoms with Crippen LogP contribution in [0.4, 0.5) is 0 Å². The van der Waals surface area contributed by atoms with Crippen LogP contribution in [0.3, 0.4) is 0 Å². The van der Waals surface area contributed by atoms with Crippen LogP contribution in [0.1, 0.15) is 17.7 Å². The highest BCUT2D eigenvalue weighted by molar-refractivity contribution is 6.09. The summed E-state index contributed by atoms with van der Waals surface area (Å²) in [6.07, 6.45) is 7.85. The lowest BCUT2D eigenvalue weighted by Gasteiger charge is -2.11. The fourth-order valence-electron chi connectivity index (χ4n) is 5.82. The van der Waals surface area contributed by atoms with Crippen LogP contribution in [0.5, 0.6) is 0 Å². The standard InChI is InChI=1S/C34H23N3O/c1-4-16-29-26(13-1)27-14-2-5-17-30(27)37(29)25-12-8-10-23(20-25)22-9-7-11-24(19-22)32-34-33(36-21-35-32)28-15-3-6-18-31(28)38-34/h1-5,7-17,19-21H,6,18H2. The lowest BCUT2D eigenvalue weighted by Crippen LogP contribution is -1.94. The summed E-state index contributed by atoms with van der Waals surface area (Å²) < 4.78 is 8.65. The topological polar surface area (TPSA) is 43.9 Å². The molecule has 0 spiro atoms. The summed E-state index contributed by atoms with van der Waals surface area (Å²) in [5, 5.41) is 2.53. The van der Waals surface area contributed by atoms with E-state index in [2.05, 4.69) is 124 Å². The zero-order valence-electron chi connectivity index (χ0n) is 20.6. The lowest BCUT2D eigenvalue weighted by atomic mass is 10.0. The maximum atomic E-state index is 6.29. The summed E-state index contributed by atoms with van der Waals surface area (Å²) in [6.45, 7) is 0. The number of fused-ring (bicyclic) bond motifs is 6. The fraction of sp³-hybridized carbons (Fsp3) is 0.0588. The van der Waals surface area contributed by atoms with E-state index in [9.17, 15) is 0 Å². The van der Waals surface area contributed by atoms with E-state index in [-0.39, 0.29) is 0 Å². The second-order valence-electron chi connectivity index (χ2n) is 9.78. The van der Waals surface area contributed by atoms with Crippen molar-refractivity contribution in [1.82, 2.24) is 14.5 Å². The molecule has 4 nitrogen and oxygen atoms in total. The molecule has 1 aliphatic rings. The van der Waals surface area contributed by atoms with Gasteiger partial charge in [0.05, 0.1) is 11.0 Å². The highest BCUT2D eigenvalue weighted by Crippen LogP contribution is 2.37. The Kier molecular flexibility index (Phi) is 4.61. The molecule has 7 aromatic rings. The third-order valence-corrected chi connectivity index (χ3v) is 7.56. The summed E-state index contributed by atoms with van der Waals surface area (Å²) in [7, 11) is 0. The average molecular weight is 490 g/mol. The Balaban J connectivity index is 1.27. The number of hydrogen-bond acceptors (Lipinski definition) is 3. The molecule has 8 rings (SSSR count). The Bertz CT molecular complexity index is 1990. The van der Waals surface area contributed by atoms with Gasteiger partial charge in [-0.2, -0.15) is 0 Å². The van der Waals surface area contributed by atoms with Gasteiger partial charge in [-0.1, -0.05) is 78.9 Å². The van der Waals surface area contributed by atoms with Crippen LogP contribution < -0.4 is 0 Å². The van der Waals surface area contributed by atoms with Crippen molar-refractivity contribution in [3.05, 3.63) is 121 Å². The molecular weight excluding hydrogens is 466 g/mol. The van der Waals surface area contributed by atoms with E-state index >= 15 is 0 Å². The predicted molar refractivity (Wildman–Crippen MR) is 154 cm³/mol. The first-order valence-corrected chi connectivity index (χ1v) is 13.0. The number of hydrogen-bond donors (Lipinski definition) is 0. The minimum Gasteiger partial charge on any atom is -0.456 e. The van der Waals surface area contributed by atoms with Crippen molar-refractivity contribution in [3.63, 3.8) is 0 Å². The van der Waals surface area contributed by atoms with E-state index < -0.39 is 0 Å². The molecule has 0 N–H and O–H groups in total. The Morgan fingerprint density at radius 3 is 2.21 bits per heavy atom. The number of aryl methyl sites for hydroxylation is 1. The highest BCUT2D eigenvalue weighted by Gasteiger charge is 2.20. The normalized spacial score (nSPS) is 12.9. The van der Waals surface area contributed by atoms with Crippen molar-refractivity contribution in [2.45, 2.75) is 12.8 Å². The largest absolute Gasteiger partial charge is 0.456 e. The van der Waals surface area contributed by atoms with Crippen molar-refractivity contribution in [3.8, 4) is 28.1 Å².